The number of hydrogen-bond donors (Lipinski definition) is 2. The highest BCUT2D eigenvalue weighted by atomic mass is 16.3. The van der Waals surface area contributed by atoms with Crippen LogP contribution >= 0.6 is 0 Å². The number of nitrogens with zero attached hydrogens (tertiary/aromatic N) is 2. The minimum absolute atomic E-state index is 0.0176. The van der Waals surface area contributed by atoms with Crippen molar-refractivity contribution in [1.29, 1.82) is 0 Å². The second-order valence-corrected chi connectivity index (χ2v) is 7.53. The van der Waals surface area contributed by atoms with E-state index in [1.165, 1.54) is 12.8 Å². The molecule has 1 aromatic rings. The van der Waals surface area contributed by atoms with E-state index in [9.17, 15) is 9.90 Å². The zero-order valence-electron chi connectivity index (χ0n) is 15.3. The fraction of sp³-hybridized carbons (Fsp3) is 0.650. The van der Waals surface area contributed by atoms with Crippen LogP contribution in [0.1, 0.15) is 38.2 Å². The molecule has 2 amide bonds. The van der Waals surface area contributed by atoms with Crippen molar-refractivity contribution in [2.24, 2.45) is 5.92 Å². The summed E-state index contributed by atoms with van der Waals surface area (Å²) in [6.07, 6.45) is 3.56. The molecule has 25 heavy (non-hydrogen) atoms. The molecule has 5 heteroatoms. The summed E-state index contributed by atoms with van der Waals surface area (Å²) in [5.41, 5.74) is 0.154. The fourth-order valence-corrected chi connectivity index (χ4v) is 4.06. The molecule has 2 N–H and O–H groups in total. The molecule has 0 saturated carbocycles. The summed E-state index contributed by atoms with van der Waals surface area (Å²) in [5.74, 6) is 0.571. The molecule has 2 aliphatic heterocycles. The molecule has 0 spiro atoms. The first-order valence-electron chi connectivity index (χ1n) is 9.64. The van der Waals surface area contributed by atoms with Crippen molar-refractivity contribution in [2.75, 3.05) is 39.3 Å². The second kappa shape index (κ2) is 8.19. The van der Waals surface area contributed by atoms with Gasteiger partial charge in [-0.1, -0.05) is 37.3 Å². The van der Waals surface area contributed by atoms with Crippen LogP contribution in [0.25, 0.3) is 0 Å². The zero-order chi connectivity index (χ0) is 17.7. The van der Waals surface area contributed by atoms with Crippen LogP contribution in [0.15, 0.2) is 30.3 Å². The molecular weight excluding hydrogens is 314 g/mol. The summed E-state index contributed by atoms with van der Waals surface area (Å²) in [4.78, 5) is 16.8. The van der Waals surface area contributed by atoms with Gasteiger partial charge in [0.05, 0.1) is 5.60 Å². The Morgan fingerprint density at radius 3 is 2.64 bits per heavy atom. The number of aliphatic hydroxyl groups is 1. The van der Waals surface area contributed by atoms with Gasteiger partial charge in [0.1, 0.15) is 0 Å². The van der Waals surface area contributed by atoms with Crippen molar-refractivity contribution >= 4 is 6.03 Å². The molecule has 0 unspecified atom stereocenters. The zero-order valence-corrected chi connectivity index (χ0v) is 15.3. The van der Waals surface area contributed by atoms with E-state index in [0.717, 1.165) is 31.7 Å². The van der Waals surface area contributed by atoms with Crippen LogP contribution < -0.4 is 5.32 Å². The third-order valence-corrected chi connectivity index (χ3v) is 5.64. The Balaban J connectivity index is 1.43. The molecule has 1 aromatic carbocycles. The lowest BCUT2D eigenvalue weighted by Crippen LogP contribution is -2.49. The highest BCUT2D eigenvalue weighted by Gasteiger charge is 2.35. The van der Waals surface area contributed by atoms with Gasteiger partial charge in [-0.3, -0.25) is 0 Å². The van der Waals surface area contributed by atoms with Crippen LogP contribution in [0, 0.1) is 5.92 Å². The Labute approximate surface area is 151 Å². The largest absolute Gasteiger partial charge is 0.385 e. The van der Waals surface area contributed by atoms with Crippen molar-refractivity contribution in [3.05, 3.63) is 35.9 Å². The number of carbonyl (C=O) groups excluding carboxylic acids is 1. The fourth-order valence-electron chi connectivity index (χ4n) is 4.06. The van der Waals surface area contributed by atoms with E-state index in [0.29, 0.717) is 31.8 Å². The molecule has 2 saturated heterocycles. The first-order chi connectivity index (χ1) is 12.1. The number of rotatable bonds is 5. The number of benzene rings is 1. The van der Waals surface area contributed by atoms with Crippen LogP contribution in [-0.2, 0) is 5.60 Å². The maximum Gasteiger partial charge on any atom is 0.317 e. The van der Waals surface area contributed by atoms with Gasteiger partial charge >= 0.3 is 6.03 Å². The predicted molar refractivity (Wildman–Crippen MR) is 99.4 cm³/mol. The molecule has 2 heterocycles. The molecule has 0 bridgehead atoms. The maximum atomic E-state index is 12.4. The van der Waals surface area contributed by atoms with Gasteiger partial charge in [-0.15, -0.1) is 0 Å². The molecule has 0 aliphatic carbocycles. The monoisotopic (exact) mass is 345 g/mol. The van der Waals surface area contributed by atoms with Gasteiger partial charge in [0.2, 0.25) is 0 Å². The summed E-state index contributed by atoms with van der Waals surface area (Å²) < 4.78 is 0. The minimum Gasteiger partial charge on any atom is -0.385 e. The Bertz CT molecular complexity index is 555. The predicted octanol–water partition coefficient (Wildman–Crippen LogP) is 2.41. The number of urea groups is 1. The van der Waals surface area contributed by atoms with Gasteiger partial charge in [-0.2, -0.15) is 0 Å². The number of likely N-dealkylation sites (tertiary alicyclic amines) is 2. The number of nitrogens with one attached hydrogen (secondary N) is 1. The lowest BCUT2D eigenvalue weighted by Gasteiger charge is -2.38. The molecule has 138 valence electrons. The first-order valence-corrected chi connectivity index (χ1v) is 9.64. The number of amides is 2. The van der Waals surface area contributed by atoms with Crippen molar-refractivity contribution in [3.8, 4) is 0 Å². The summed E-state index contributed by atoms with van der Waals surface area (Å²) in [5, 5.41) is 14.0. The van der Waals surface area contributed by atoms with Crippen LogP contribution in [0.4, 0.5) is 4.79 Å². The van der Waals surface area contributed by atoms with E-state index in [2.05, 4.69) is 17.1 Å². The van der Waals surface area contributed by atoms with Gasteiger partial charge in [-0.05, 0) is 50.3 Å². The van der Waals surface area contributed by atoms with Gasteiger partial charge in [0.15, 0.2) is 0 Å². The van der Waals surface area contributed by atoms with Gasteiger partial charge in [-0.25, -0.2) is 4.79 Å². The van der Waals surface area contributed by atoms with E-state index in [4.69, 9.17) is 0 Å². The van der Waals surface area contributed by atoms with Crippen molar-refractivity contribution in [3.63, 3.8) is 0 Å². The maximum absolute atomic E-state index is 12.4. The van der Waals surface area contributed by atoms with Gasteiger partial charge in [0, 0.05) is 26.2 Å². The van der Waals surface area contributed by atoms with Crippen molar-refractivity contribution in [2.45, 2.75) is 38.2 Å². The van der Waals surface area contributed by atoms with E-state index in [1.54, 1.807) is 0 Å². The molecule has 2 fully saturated rings. The van der Waals surface area contributed by atoms with Crippen LogP contribution in [0.2, 0.25) is 0 Å². The lowest BCUT2D eigenvalue weighted by atomic mass is 9.84. The molecule has 1 atom stereocenters. The van der Waals surface area contributed by atoms with Crippen LogP contribution in [0.3, 0.4) is 0 Å². The molecule has 0 radical (unpaired) electrons. The van der Waals surface area contributed by atoms with E-state index in [-0.39, 0.29) is 6.03 Å². The highest BCUT2D eigenvalue weighted by molar-refractivity contribution is 5.74. The standard InChI is InChI=1S/C20H31N3O2/c1-2-11-22-12-8-17(16-22)15-21-19(24)23-13-9-20(25,10-14-23)18-6-4-3-5-7-18/h3-7,17,25H,2,8-16H2,1H3,(H,21,24)/t17-/m1/s1. The third kappa shape index (κ3) is 4.53. The summed E-state index contributed by atoms with van der Waals surface area (Å²) in [7, 11) is 0. The lowest BCUT2D eigenvalue weighted by molar-refractivity contribution is -0.0168. The Hall–Kier alpha value is -1.59. The van der Waals surface area contributed by atoms with E-state index < -0.39 is 5.60 Å². The number of carbonyl (C=O) groups is 1. The molecule has 5 nitrogen and oxygen atoms in total. The van der Waals surface area contributed by atoms with E-state index in [1.807, 2.05) is 35.2 Å². The SMILES string of the molecule is CCCN1CC[C@H](CNC(=O)N2CCC(O)(c3ccccc3)CC2)C1. The number of piperidine rings is 1. The summed E-state index contributed by atoms with van der Waals surface area (Å²) in [6.45, 7) is 7.59. The normalized spacial score (nSPS) is 23.6. The average Bonchev–Trinajstić information content (AvgIpc) is 3.09. The average molecular weight is 345 g/mol. The van der Waals surface area contributed by atoms with Crippen molar-refractivity contribution < 1.29 is 9.90 Å². The smallest absolute Gasteiger partial charge is 0.317 e. The van der Waals surface area contributed by atoms with Crippen LogP contribution in [-0.4, -0.2) is 60.2 Å². The third-order valence-electron chi connectivity index (χ3n) is 5.64. The quantitative estimate of drug-likeness (QED) is 0.862. The summed E-state index contributed by atoms with van der Waals surface area (Å²) in [6, 6.07) is 9.82. The van der Waals surface area contributed by atoms with Crippen LogP contribution in [0.5, 0.6) is 0 Å². The van der Waals surface area contributed by atoms with Crippen molar-refractivity contribution in [1.82, 2.24) is 15.1 Å². The molecule has 2 aliphatic rings. The van der Waals surface area contributed by atoms with E-state index >= 15 is 0 Å². The second-order valence-electron chi connectivity index (χ2n) is 7.53. The minimum atomic E-state index is -0.801. The first kappa shape index (κ1) is 18.2. The summed E-state index contributed by atoms with van der Waals surface area (Å²) >= 11 is 0. The molecular formula is C20H31N3O2. The van der Waals surface area contributed by atoms with Gasteiger partial charge in [0.25, 0.3) is 0 Å². The number of hydrogen-bond acceptors (Lipinski definition) is 3. The Kier molecular flexibility index (Phi) is 5.97. The molecule has 3 rings (SSSR count). The molecule has 0 aromatic heterocycles. The van der Waals surface area contributed by atoms with Gasteiger partial charge < -0.3 is 20.2 Å². The Morgan fingerprint density at radius 1 is 1.24 bits per heavy atom. The highest BCUT2D eigenvalue weighted by Crippen LogP contribution is 2.32. The Morgan fingerprint density at radius 2 is 1.96 bits per heavy atom. The topological polar surface area (TPSA) is 55.8 Å².